The highest BCUT2D eigenvalue weighted by Crippen LogP contribution is 2.27. The van der Waals surface area contributed by atoms with Gasteiger partial charge in [-0.25, -0.2) is 14.2 Å². The van der Waals surface area contributed by atoms with Gasteiger partial charge < -0.3 is 19.5 Å². The molecule has 2 aromatic heterocycles. The third kappa shape index (κ3) is 9.02. The summed E-state index contributed by atoms with van der Waals surface area (Å²) in [5.74, 6) is -0.877. The Hall–Kier alpha value is -3.72. The van der Waals surface area contributed by atoms with Crippen LogP contribution in [0.5, 0.6) is 11.6 Å². The summed E-state index contributed by atoms with van der Waals surface area (Å²) in [6.45, 7) is 7.24. The molecule has 0 fully saturated rings. The van der Waals surface area contributed by atoms with E-state index in [1.165, 1.54) is 6.20 Å². The summed E-state index contributed by atoms with van der Waals surface area (Å²) in [6.07, 6.45) is 0.936. The van der Waals surface area contributed by atoms with E-state index in [4.69, 9.17) is 25.8 Å². The van der Waals surface area contributed by atoms with Gasteiger partial charge >= 0.3 is 12.1 Å². The first-order chi connectivity index (χ1) is 17.5. The van der Waals surface area contributed by atoms with Gasteiger partial charge in [-0.1, -0.05) is 17.7 Å². The first kappa shape index (κ1) is 27.9. The Bertz CT molecular complexity index is 1230. The second-order valence-corrected chi connectivity index (χ2v) is 9.57. The minimum absolute atomic E-state index is 0.0275. The van der Waals surface area contributed by atoms with E-state index >= 15 is 0 Å². The molecule has 0 saturated carbocycles. The van der Waals surface area contributed by atoms with Gasteiger partial charge in [0, 0.05) is 29.9 Å². The summed E-state index contributed by atoms with van der Waals surface area (Å²) in [7, 11) is 0. The maximum atomic E-state index is 14.0. The fourth-order valence-corrected chi connectivity index (χ4v) is 3.50. The van der Waals surface area contributed by atoms with E-state index in [0.29, 0.717) is 17.1 Å². The largest absolute Gasteiger partial charge is 0.466 e. The van der Waals surface area contributed by atoms with Crippen LogP contribution in [0.1, 0.15) is 39.8 Å². The molecule has 8 nitrogen and oxygen atoms in total. The normalized spacial score (nSPS) is 11.9. The Balaban J connectivity index is 1.73. The van der Waals surface area contributed by atoms with Crippen LogP contribution >= 0.6 is 11.6 Å². The lowest BCUT2D eigenvalue weighted by Gasteiger charge is -2.23. The van der Waals surface area contributed by atoms with Crippen molar-refractivity contribution in [1.82, 2.24) is 15.3 Å². The smallest absolute Gasteiger partial charge is 0.407 e. The topological polar surface area (TPSA) is 99.6 Å². The average molecular weight is 530 g/mol. The number of rotatable bonds is 9. The summed E-state index contributed by atoms with van der Waals surface area (Å²) < 4.78 is 29.9. The van der Waals surface area contributed by atoms with Gasteiger partial charge in [-0.05, 0) is 70.2 Å². The number of pyridine rings is 2. The van der Waals surface area contributed by atoms with Crippen LogP contribution in [0.25, 0.3) is 11.3 Å². The van der Waals surface area contributed by atoms with Crippen LogP contribution in [-0.4, -0.2) is 40.3 Å². The van der Waals surface area contributed by atoms with E-state index in [9.17, 15) is 14.0 Å². The van der Waals surface area contributed by atoms with Crippen molar-refractivity contribution in [3.8, 4) is 22.9 Å². The van der Waals surface area contributed by atoms with Crippen LogP contribution in [0.15, 0.2) is 54.7 Å². The summed E-state index contributed by atoms with van der Waals surface area (Å²) in [5, 5.41) is 2.92. The predicted molar refractivity (Wildman–Crippen MR) is 137 cm³/mol. The van der Waals surface area contributed by atoms with Crippen LogP contribution < -0.4 is 10.1 Å². The second kappa shape index (κ2) is 12.5. The molecule has 1 aromatic carbocycles. The molecule has 3 rings (SSSR count). The minimum atomic E-state index is -0.679. The zero-order valence-corrected chi connectivity index (χ0v) is 21.8. The van der Waals surface area contributed by atoms with Crippen molar-refractivity contribution in [2.45, 2.75) is 52.2 Å². The Morgan fingerprint density at radius 1 is 1.14 bits per heavy atom. The average Bonchev–Trinajstić information content (AvgIpc) is 2.80. The first-order valence-electron chi connectivity index (χ1n) is 11.7. The molecule has 1 N–H and O–H groups in total. The number of benzene rings is 1. The lowest BCUT2D eigenvalue weighted by molar-refractivity contribution is -0.143. The van der Waals surface area contributed by atoms with E-state index in [-0.39, 0.29) is 30.4 Å². The number of nitrogens with one attached hydrogen (secondary N) is 1. The van der Waals surface area contributed by atoms with E-state index in [0.717, 1.165) is 11.6 Å². The Labute approximate surface area is 220 Å². The van der Waals surface area contributed by atoms with Crippen molar-refractivity contribution in [2.75, 3.05) is 6.61 Å². The maximum absolute atomic E-state index is 14.0. The molecule has 0 spiro atoms. The predicted octanol–water partition coefficient (Wildman–Crippen LogP) is 6.12. The van der Waals surface area contributed by atoms with Crippen LogP contribution in [-0.2, 0) is 20.7 Å². The number of nitrogens with zero attached hydrogens (tertiary/aromatic N) is 2. The van der Waals surface area contributed by atoms with Gasteiger partial charge in [0.1, 0.15) is 11.4 Å². The molecule has 196 valence electrons. The molecule has 0 saturated heterocycles. The van der Waals surface area contributed by atoms with Gasteiger partial charge in [0.05, 0.1) is 23.7 Å². The van der Waals surface area contributed by atoms with Crippen molar-refractivity contribution < 1.29 is 28.2 Å². The fraction of sp³-hybridized carbons (Fsp3) is 0.333. The standard InChI is InChI=1S/C27H29ClFN3O5/c1-5-35-24(33)15-20(32-26(34)37-27(2,3)4)14-19-7-6-8-23(31-19)17-9-11-21(12-10-17)36-25-22(29)13-18(28)16-30-25/h6-13,16,20H,5,14-15H2,1-4H3,(H,32,34)/t20-/m1/s1. The zero-order chi connectivity index (χ0) is 27.0. The van der Waals surface area contributed by atoms with Gasteiger partial charge in [0.25, 0.3) is 5.88 Å². The van der Waals surface area contributed by atoms with Crippen LogP contribution in [0.2, 0.25) is 5.02 Å². The van der Waals surface area contributed by atoms with Crippen LogP contribution in [0.3, 0.4) is 0 Å². The lowest BCUT2D eigenvalue weighted by atomic mass is 10.1. The number of esters is 1. The minimum Gasteiger partial charge on any atom is -0.466 e. The molecule has 37 heavy (non-hydrogen) atoms. The molecule has 10 heteroatoms. The van der Waals surface area contributed by atoms with Gasteiger partial charge in [0.2, 0.25) is 0 Å². The highest BCUT2D eigenvalue weighted by atomic mass is 35.5. The third-order valence-corrected chi connectivity index (χ3v) is 5.05. The molecular formula is C27H29ClFN3O5. The number of amides is 1. The summed E-state index contributed by atoms with van der Waals surface area (Å²) >= 11 is 5.73. The number of halogens is 2. The molecule has 3 aromatic rings. The van der Waals surface area contributed by atoms with E-state index in [1.807, 2.05) is 18.2 Å². The zero-order valence-electron chi connectivity index (χ0n) is 21.1. The van der Waals surface area contributed by atoms with Crippen molar-refractivity contribution in [1.29, 1.82) is 0 Å². The number of aromatic nitrogens is 2. The number of carbonyl (C=O) groups is 2. The molecule has 0 aliphatic heterocycles. The molecule has 0 bridgehead atoms. The van der Waals surface area contributed by atoms with E-state index in [1.54, 1.807) is 52.0 Å². The van der Waals surface area contributed by atoms with Gasteiger partial charge in [-0.3, -0.25) is 9.78 Å². The number of ether oxygens (including phenoxy) is 3. The molecule has 1 atom stereocenters. The summed E-state index contributed by atoms with van der Waals surface area (Å²) in [6, 6.07) is 12.9. The quantitative estimate of drug-likeness (QED) is 0.333. The second-order valence-electron chi connectivity index (χ2n) is 9.14. The molecule has 1 amide bonds. The molecule has 0 radical (unpaired) electrons. The molecular weight excluding hydrogens is 501 g/mol. The number of hydrogen-bond acceptors (Lipinski definition) is 7. The summed E-state index contributed by atoms with van der Waals surface area (Å²) in [5.41, 5.74) is 1.45. The molecule has 0 aliphatic carbocycles. The van der Waals surface area contributed by atoms with Crippen molar-refractivity contribution in [2.24, 2.45) is 0 Å². The lowest BCUT2D eigenvalue weighted by Crippen LogP contribution is -2.41. The SMILES string of the molecule is CCOC(=O)C[C@@H](Cc1cccc(-c2ccc(Oc3ncc(Cl)cc3F)cc2)n1)NC(=O)OC(C)(C)C. The first-order valence-corrected chi connectivity index (χ1v) is 12.1. The van der Waals surface area contributed by atoms with E-state index < -0.39 is 29.5 Å². The highest BCUT2D eigenvalue weighted by molar-refractivity contribution is 6.30. The maximum Gasteiger partial charge on any atom is 0.407 e. The number of hydrogen-bond donors (Lipinski definition) is 1. The monoisotopic (exact) mass is 529 g/mol. The number of alkyl carbamates (subject to hydrolysis) is 1. The van der Waals surface area contributed by atoms with Gasteiger partial charge in [-0.15, -0.1) is 0 Å². The third-order valence-electron chi connectivity index (χ3n) is 4.84. The van der Waals surface area contributed by atoms with Crippen molar-refractivity contribution in [3.05, 3.63) is 71.3 Å². The summed E-state index contributed by atoms with van der Waals surface area (Å²) in [4.78, 5) is 33.0. The number of carbonyl (C=O) groups excluding carboxylic acids is 2. The Kier molecular flexibility index (Phi) is 9.41. The van der Waals surface area contributed by atoms with Crippen LogP contribution in [0.4, 0.5) is 9.18 Å². The van der Waals surface area contributed by atoms with Crippen molar-refractivity contribution >= 4 is 23.7 Å². The van der Waals surface area contributed by atoms with Crippen LogP contribution in [0, 0.1) is 5.82 Å². The van der Waals surface area contributed by atoms with Crippen molar-refractivity contribution in [3.63, 3.8) is 0 Å². The molecule has 2 heterocycles. The highest BCUT2D eigenvalue weighted by Gasteiger charge is 2.23. The Morgan fingerprint density at radius 2 is 1.86 bits per heavy atom. The Morgan fingerprint density at radius 3 is 2.51 bits per heavy atom. The molecule has 0 aliphatic rings. The van der Waals surface area contributed by atoms with Gasteiger partial charge in [-0.2, -0.15) is 0 Å². The fourth-order valence-electron chi connectivity index (χ4n) is 3.36. The van der Waals surface area contributed by atoms with E-state index in [2.05, 4.69) is 15.3 Å². The molecule has 0 unspecified atom stereocenters. The van der Waals surface area contributed by atoms with Gasteiger partial charge in [0.15, 0.2) is 5.82 Å².